The summed E-state index contributed by atoms with van der Waals surface area (Å²) in [6.45, 7) is 1.97. The Morgan fingerprint density at radius 3 is 2.65 bits per heavy atom. The maximum atomic E-state index is 12.3. The number of hydrogen-bond acceptors (Lipinski definition) is 2. The molecule has 0 saturated heterocycles. The first-order chi connectivity index (χ1) is 9.65. The Morgan fingerprint density at radius 1 is 1.35 bits per heavy atom. The molecular weight excluding hydrogens is 365 g/mol. The largest absolute Gasteiger partial charge is 0.301 e. The number of rotatable bonds is 4. The summed E-state index contributed by atoms with van der Waals surface area (Å²) in [7, 11) is 0. The van der Waals surface area contributed by atoms with Crippen LogP contribution >= 0.6 is 22.6 Å². The molecule has 20 heavy (non-hydrogen) atoms. The summed E-state index contributed by atoms with van der Waals surface area (Å²) in [5, 5.41) is 0. The normalized spacial score (nSPS) is 16.5. The standard InChI is InChI=1S/C16H18INO2/c1-12(13-7-3-2-4-8-13)18(16(20)11-17)14-9-5-6-10-15(14)19/h2-4,7-9,12H,5-6,10-11H2,1H3. The molecule has 0 radical (unpaired) electrons. The average molecular weight is 383 g/mol. The monoisotopic (exact) mass is 383 g/mol. The van der Waals surface area contributed by atoms with Crippen LogP contribution in [-0.2, 0) is 9.59 Å². The maximum absolute atomic E-state index is 12.3. The lowest BCUT2D eigenvalue weighted by molar-refractivity contribution is -0.131. The molecule has 1 aromatic rings. The van der Waals surface area contributed by atoms with Crippen LogP contribution in [0.5, 0.6) is 0 Å². The number of nitrogens with zero attached hydrogens (tertiary/aromatic N) is 1. The van der Waals surface area contributed by atoms with Gasteiger partial charge < -0.3 is 4.90 Å². The van der Waals surface area contributed by atoms with Crippen LogP contribution in [0, 0.1) is 0 Å². The van der Waals surface area contributed by atoms with Gasteiger partial charge in [0.1, 0.15) is 0 Å². The SMILES string of the molecule is CC(c1ccccc1)N(C(=O)CI)C1=CCCCC1=O. The second-order valence-corrected chi connectivity index (χ2v) is 5.65. The van der Waals surface area contributed by atoms with Crippen molar-refractivity contribution in [1.82, 2.24) is 4.90 Å². The van der Waals surface area contributed by atoms with E-state index in [4.69, 9.17) is 0 Å². The fraction of sp³-hybridized carbons (Fsp3) is 0.375. The highest BCUT2D eigenvalue weighted by molar-refractivity contribution is 14.1. The zero-order chi connectivity index (χ0) is 14.5. The van der Waals surface area contributed by atoms with Gasteiger partial charge in [-0.1, -0.05) is 59.0 Å². The van der Waals surface area contributed by atoms with E-state index in [1.807, 2.05) is 43.3 Å². The highest BCUT2D eigenvalue weighted by atomic mass is 127. The number of halogens is 1. The van der Waals surface area contributed by atoms with Crippen molar-refractivity contribution in [1.29, 1.82) is 0 Å². The van der Waals surface area contributed by atoms with E-state index in [0.29, 0.717) is 16.5 Å². The number of carbonyl (C=O) groups excluding carboxylic acids is 2. The van der Waals surface area contributed by atoms with Crippen LogP contribution in [0.3, 0.4) is 0 Å². The average Bonchev–Trinajstić information content (AvgIpc) is 2.50. The third-order valence-corrected chi connectivity index (χ3v) is 4.20. The first-order valence-corrected chi connectivity index (χ1v) is 8.34. The highest BCUT2D eigenvalue weighted by Crippen LogP contribution is 2.28. The quantitative estimate of drug-likeness (QED) is 0.588. The van der Waals surface area contributed by atoms with Gasteiger partial charge in [0.15, 0.2) is 5.78 Å². The number of amides is 1. The van der Waals surface area contributed by atoms with Crippen molar-refractivity contribution in [3.8, 4) is 0 Å². The Hall–Kier alpha value is -1.17. The maximum Gasteiger partial charge on any atom is 0.237 e. The van der Waals surface area contributed by atoms with Crippen molar-refractivity contribution in [2.24, 2.45) is 0 Å². The molecule has 4 heteroatoms. The van der Waals surface area contributed by atoms with Gasteiger partial charge in [-0.05, 0) is 25.3 Å². The first-order valence-electron chi connectivity index (χ1n) is 6.81. The first kappa shape index (κ1) is 15.2. The number of benzene rings is 1. The summed E-state index contributed by atoms with van der Waals surface area (Å²) in [6.07, 6.45) is 4.20. The summed E-state index contributed by atoms with van der Waals surface area (Å²) in [6, 6.07) is 9.72. The fourth-order valence-electron chi connectivity index (χ4n) is 2.48. The lowest BCUT2D eigenvalue weighted by atomic mass is 9.99. The van der Waals surface area contributed by atoms with Crippen molar-refractivity contribution in [2.75, 3.05) is 4.43 Å². The molecule has 1 amide bonds. The minimum Gasteiger partial charge on any atom is -0.301 e. The summed E-state index contributed by atoms with van der Waals surface area (Å²) < 4.78 is 0.375. The molecule has 1 aliphatic rings. The van der Waals surface area contributed by atoms with Crippen LogP contribution in [-0.4, -0.2) is 21.0 Å². The number of carbonyl (C=O) groups is 2. The Balaban J connectivity index is 2.35. The van der Waals surface area contributed by atoms with Gasteiger partial charge in [-0.3, -0.25) is 9.59 Å². The number of ketones is 1. The summed E-state index contributed by atoms with van der Waals surface area (Å²) >= 11 is 2.05. The van der Waals surface area contributed by atoms with E-state index in [0.717, 1.165) is 18.4 Å². The highest BCUT2D eigenvalue weighted by Gasteiger charge is 2.29. The van der Waals surface area contributed by atoms with Crippen molar-refractivity contribution in [3.63, 3.8) is 0 Å². The van der Waals surface area contributed by atoms with E-state index in [1.54, 1.807) is 4.90 Å². The minimum absolute atomic E-state index is 0.0107. The molecule has 1 atom stereocenters. The van der Waals surface area contributed by atoms with E-state index in [1.165, 1.54) is 0 Å². The Kier molecular flexibility index (Phi) is 5.34. The number of hydrogen-bond donors (Lipinski definition) is 0. The van der Waals surface area contributed by atoms with Crippen LogP contribution in [0.1, 0.15) is 37.8 Å². The summed E-state index contributed by atoms with van der Waals surface area (Å²) in [5.41, 5.74) is 1.62. The van der Waals surface area contributed by atoms with E-state index in [9.17, 15) is 9.59 Å². The van der Waals surface area contributed by atoms with E-state index < -0.39 is 0 Å². The molecule has 0 spiro atoms. The van der Waals surface area contributed by atoms with Gasteiger partial charge in [0.05, 0.1) is 16.2 Å². The van der Waals surface area contributed by atoms with Gasteiger partial charge in [0.25, 0.3) is 0 Å². The number of Topliss-reactive ketones (excluding diaryl/α,β-unsaturated/α-hetero) is 1. The lowest BCUT2D eigenvalue weighted by Crippen LogP contribution is -2.37. The molecule has 0 fully saturated rings. The zero-order valence-electron chi connectivity index (χ0n) is 11.5. The van der Waals surface area contributed by atoms with Crippen LogP contribution < -0.4 is 0 Å². The van der Waals surface area contributed by atoms with Crippen molar-refractivity contribution in [2.45, 2.75) is 32.2 Å². The molecule has 3 nitrogen and oxygen atoms in total. The number of allylic oxidation sites excluding steroid dienone is 2. The summed E-state index contributed by atoms with van der Waals surface area (Å²) in [4.78, 5) is 26.1. The molecule has 1 aliphatic carbocycles. The molecule has 1 unspecified atom stereocenters. The molecule has 0 N–H and O–H groups in total. The Morgan fingerprint density at radius 2 is 2.05 bits per heavy atom. The zero-order valence-corrected chi connectivity index (χ0v) is 13.7. The Labute approximate surface area is 133 Å². The molecule has 1 aromatic carbocycles. The molecule has 0 aromatic heterocycles. The van der Waals surface area contributed by atoms with Gasteiger partial charge in [-0.25, -0.2) is 0 Å². The van der Waals surface area contributed by atoms with Crippen LogP contribution in [0.15, 0.2) is 42.1 Å². The van der Waals surface area contributed by atoms with Gasteiger partial charge in [-0.2, -0.15) is 0 Å². The van der Waals surface area contributed by atoms with Crippen LogP contribution in [0.2, 0.25) is 0 Å². The predicted octanol–water partition coefficient (Wildman–Crippen LogP) is 3.65. The third kappa shape index (κ3) is 3.29. The van der Waals surface area contributed by atoms with Gasteiger partial charge in [0.2, 0.25) is 5.91 Å². The molecular formula is C16H18INO2. The van der Waals surface area contributed by atoms with Gasteiger partial charge in [0, 0.05) is 6.42 Å². The van der Waals surface area contributed by atoms with Gasteiger partial charge in [-0.15, -0.1) is 0 Å². The molecule has 106 valence electrons. The molecule has 0 aliphatic heterocycles. The van der Waals surface area contributed by atoms with E-state index in [2.05, 4.69) is 22.6 Å². The molecule has 2 rings (SSSR count). The Bertz CT molecular complexity index is 525. The fourth-order valence-corrected chi connectivity index (χ4v) is 2.85. The smallest absolute Gasteiger partial charge is 0.237 e. The van der Waals surface area contributed by atoms with Crippen LogP contribution in [0.4, 0.5) is 0 Å². The van der Waals surface area contributed by atoms with Gasteiger partial charge >= 0.3 is 0 Å². The number of alkyl halides is 1. The lowest BCUT2D eigenvalue weighted by Gasteiger charge is -2.32. The van der Waals surface area contributed by atoms with Crippen molar-refractivity contribution >= 4 is 34.3 Å². The predicted molar refractivity (Wildman–Crippen MR) is 87.5 cm³/mol. The van der Waals surface area contributed by atoms with Crippen molar-refractivity contribution < 1.29 is 9.59 Å². The topological polar surface area (TPSA) is 37.4 Å². The molecule has 0 heterocycles. The third-order valence-electron chi connectivity index (χ3n) is 3.54. The van der Waals surface area contributed by atoms with Crippen LogP contribution in [0.25, 0.3) is 0 Å². The summed E-state index contributed by atoms with van der Waals surface area (Å²) in [5.74, 6) is 0.0701. The second-order valence-electron chi connectivity index (χ2n) is 4.89. The van der Waals surface area contributed by atoms with E-state index in [-0.39, 0.29) is 17.7 Å². The van der Waals surface area contributed by atoms with E-state index >= 15 is 0 Å². The minimum atomic E-state index is -0.119. The molecule has 0 bridgehead atoms. The van der Waals surface area contributed by atoms with Crippen molar-refractivity contribution in [3.05, 3.63) is 47.7 Å². The molecule has 0 saturated carbocycles. The second kappa shape index (κ2) is 7.02.